The summed E-state index contributed by atoms with van der Waals surface area (Å²) in [6.07, 6.45) is -4.53. The van der Waals surface area contributed by atoms with Crippen LogP contribution >= 0.6 is 15.9 Å². The molecule has 14 heavy (non-hydrogen) atoms. The number of rotatable bonds is 1. The summed E-state index contributed by atoms with van der Waals surface area (Å²) in [5.41, 5.74) is -0.977. The minimum Gasteiger partial charge on any atom is -0.227 e. The summed E-state index contributed by atoms with van der Waals surface area (Å²) in [7, 11) is -3.03. The maximum absolute atomic E-state index is 12.2. The molecule has 1 aromatic carbocycles. The SMILES string of the molecule is O=[SH](=O)c1cc(C(F)(F)F)ccc1Br. The Labute approximate surface area is 87.8 Å². The minimum absolute atomic E-state index is 0.126. The van der Waals surface area contributed by atoms with Crippen LogP contribution in [0.15, 0.2) is 27.6 Å². The zero-order valence-corrected chi connectivity index (χ0v) is 8.99. The smallest absolute Gasteiger partial charge is 0.227 e. The van der Waals surface area contributed by atoms with E-state index in [0.29, 0.717) is 6.07 Å². The topological polar surface area (TPSA) is 34.1 Å². The van der Waals surface area contributed by atoms with Crippen molar-refractivity contribution in [2.45, 2.75) is 11.1 Å². The zero-order chi connectivity index (χ0) is 10.9. The van der Waals surface area contributed by atoms with Gasteiger partial charge in [0, 0.05) is 4.47 Å². The predicted octanol–water partition coefficient (Wildman–Crippen LogP) is 2.44. The molecular weight excluding hydrogens is 285 g/mol. The van der Waals surface area contributed by atoms with Gasteiger partial charge in [0.25, 0.3) is 0 Å². The highest BCUT2D eigenvalue weighted by Crippen LogP contribution is 2.32. The van der Waals surface area contributed by atoms with Crippen molar-refractivity contribution in [2.24, 2.45) is 0 Å². The lowest BCUT2D eigenvalue weighted by atomic mass is 10.2. The fraction of sp³-hybridized carbons (Fsp3) is 0.143. The number of halogens is 4. The van der Waals surface area contributed by atoms with Gasteiger partial charge in [-0.05, 0) is 34.1 Å². The molecular formula is C7H4BrF3O2S. The molecule has 0 aliphatic carbocycles. The van der Waals surface area contributed by atoms with E-state index in [1.165, 1.54) is 0 Å². The normalized spacial score (nSPS) is 12.1. The van der Waals surface area contributed by atoms with E-state index in [2.05, 4.69) is 15.9 Å². The van der Waals surface area contributed by atoms with E-state index in [0.717, 1.165) is 12.1 Å². The summed E-state index contributed by atoms with van der Waals surface area (Å²) in [6.45, 7) is 0. The van der Waals surface area contributed by atoms with Gasteiger partial charge in [-0.1, -0.05) is 0 Å². The molecule has 78 valence electrons. The Kier molecular flexibility index (Phi) is 3.20. The van der Waals surface area contributed by atoms with E-state index in [4.69, 9.17) is 0 Å². The highest BCUT2D eigenvalue weighted by molar-refractivity contribution is 9.10. The van der Waals surface area contributed by atoms with Crippen molar-refractivity contribution in [1.82, 2.24) is 0 Å². The van der Waals surface area contributed by atoms with Gasteiger partial charge in [0.2, 0.25) is 0 Å². The zero-order valence-electron chi connectivity index (χ0n) is 6.51. The molecule has 0 aliphatic rings. The molecule has 0 amide bonds. The first-order valence-corrected chi connectivity index (χ1v) is 5.30. The first kappa shape index (κ1) is 11.5. The molecule has 0 atom stereocenters. The Morgan fingerprint density at radius 1 is 1.21 bits per heavy atom. The second-order valence-corrected chi connectivity index (χ2v) is 4.27. The molecule has 0 aromatic heterocycles. The first-order chi connectivity index (χ1) is 6.32. The Morgan fingerprint density at radius 2 is 1.79 bits per heavy atom. The number of hydrogen-bond donors (Lipinski definition) is 1. The van der Waals surface area contributed by atoms with Crippen LogP contribution in [0.1, 0.15) is 5.56 Å². The van der Waals surface area contributed by atoms with E-state index >= 15 is 0 Å². The van der Waals surface area contributed by atoms with Crippen molar-refractivity contribution < 1.29 is 21.6 Å². The van der Waals surface area contributed by atoms with Crippen LogP contribution in [-0.2, 0) is 16.9 Å². The predicted molar refractivity (Wildman–Crippen MR) is 47.7 cm³/mol. The summed E-state index contributed by atoms with van der Waals surface area (Å²) in [5.74, 6) is 0. The van der Waals surface area contributed by atoms with E-state index in [-0.39, 0.29) is 9.37 Å². The summed E-state index contributed by atoms with van der Waals surface area (Å²) in [6, 6.07) is 2.46. The van der Waals surface area contributed by atoms with Crippen LogP contribution in [0.5, 0.6) is 0 Å². The van der Waals surface area contributed by atoms with E-state index in [1.54, 1.807) is 0 Å². The third kappa shape index (κ3) is 2.48. The van der Waals surface area contributed by atoms with Crippen molar-refractivity contribution in [3.8, 4) is 0 Å². The number of thiol groups is 1. The Balaban J connectivity index is 3.34. The highest BCUT2D eigenvalue weighted by atomic mass is 79.9. The molecule has 0 N–H and O–H groups in total. The minimum atomic E-state index is -4.53. The summed E-state index contributed by atoms with van der Waals surface area (Å²) < 4.78 is 57.7. The second-order valence-electron chi connectivity index (χ2n) is 2.42. The molecule has 0 aliphatic heterocycles. The van der Waals surface area contributed by atoms with Crippen molar-refractivity contribution >= 4 is 26.6 Å². The van der Waals surface area contributed by atoms with Crippen molar-refractivity contribution in [1.29, 1.82) is 0 Å². The average Bonchev–Trinajstić information content (AvgIpc) is 2.02. The van der Waals surface area contributed by atoms with Crippen molar-refractivity contribution in [2.75, 3.05) is 0 Å². The quantitative estimate of drug-likeness (QED) is 0.806. The number of benzene rings is 1. The molecule has 1 aromatic rings. The standard InChI is InChI=1S/C7H4BrF3O2S/c8-5-2-1-4(7(9,10)11)3-6(5)14(12)13/h1-3,14H. The van der Waals surface area contributed by atoms with Crippen LogP contribution in [0.4, 0.5) is 13.2 Å². The number of hydrogen-bond acceptors (Lipinski definition) is 2. The van der Waals surface area contributed by atoms with Gasteiger partial charge in [0.1, 0.15) is 0 Å². The fourth-order valence-corrected chi connectivity index (χ4v) is 2.00. The lowest BCUT2D eigenvalue weighted by Crippen LogP contribution is -2.05. The van der Waals surface area contributed by atoms with Crippen LogP contribution < -0.4 is 0 Å². The fourth-order valence-electron chi connectivity index (χ4n) is 0.829. The van der Waals surface area contributed by atoms with Crippen LogP contribution in [0.2, 0.25) is 0 Å². The first-order valence-electron chi connectivity index (χ1n) is 3.33. The Hall–Kier alpha value is -0.560. The van der Waals surface area contributed by atoms with Crippen LogP contribution in [0.25, 0.3) is 0 Å². The van der Waals surface area contributed by atoms with Crippen LogP contribution in [0.3, 0.4) is 0 Å². The van der Waals surface area contributed by atoms with Gasteiger partial charge in [0.05, 0.1) is 10.5 Å². The molecule has 2 nitrogen and oxygen atoms in total. The summed E-state index contributed by atoms with van der Waals surface area (Å²) in [5, 5.41) is 0. The van der Waals surface area contributed by atoms with Gasteiger partial charge in [-0.15, -0.1) is 0 Å². The molecule has 0 saturated carbocycles. The largest absolute Gasteiger partial charge is 0.416 e. The summed E-state index contributed by atoms with van der Waals surface area (Å²) in [4.78, 5) is -0.366. The molecule has 0 bridgehead atoms. The third-order valence-corrected chi connectivity index (χ3v) is 3.23. The molecule has 0 heterocycles. The van der Waals surface area contributed by atoms with Crippen molar-refractivity contribution in [3.63, 3.8) is 0 Å². The molecule has 0 saturated heterocycles. The average molecular weight is 289 g/mol. The van der Waals surface area contributed by atoms with Gasteiger partial charge >= 0.3 is 6.18 Å². The van der Waals surface area contributed by atoms with Gasteiger partial charge in [-0.25, -0.2) is 8.42 Å². The molecule has 0 unspecified atom stereocenters. The molecule has 0 spiro atoms. The van der Waals surface area contributed by atoms with Crippen LogP contribution in [0, 0.1) is 0 Å². The number of alkyl halides is 3. The second kappa shape index (κ2) is 3.90. The van der Waals surface area contributed by atoms with Crippen LogP contribution in [-0.4, -0.2) is 8.42 Å². The third-order valence-electron chi connectivity index (χ3n) is 1.47. The highest BCUT2D eigenvalue weighted by Gasteiger charge is 2.31. The summed E-state index contributed by atoms with van der Waals surface area (Å²) >= 11 is 2.85. The van der Waals surface area contributed by atoms with Crippen molar-refractivity contribution in [3.05, 3.63) is 28.2 Å². The molecule has 0 fully saturated rings. The van der Waals surface area contributed by atoms with Gasteiger partial charge in [-0.3, -0.25) is 0 Å². The monoisotopic (exact) mass is 288 g/mol. The molecule has 0 radical (unpaired) electrons. The van der Waals surface area contributed by atoms with E-state index in [9.17, 15) is 21.6 Å². The molecule has 7 heteroatoms. The van der Waals surface area contributed by atoms with Gasteiger partial charge < -0.3 is 0 Å². The Bertz CT molecular complexity index is 417. The lowest BCUT2D eigenvalue weighted by Gasteiger charge is -2.07. The molecule has 1 rings (SSSR count). The maximum atomic E-state index is 12.2. The van der Waals surface area contributed by atoms with Gasteiger partial charge in [-0.2, -0.15) is 13.2 Å². The lowest BCUT2D eigenvalue weighted by molar-refractivity contribution is -0.137. The van der Waals surface area contributed by atoms with Gasteiger partial charge in [0.15, 0.2) is 10.7 Å². The van der Waals surface area contributed by atoms with E-state index in [1.807, 2.05) is 0 Å². The van der Waals surface area contributed by atoms with E-state index < -0.39 is 22.4 Å². The Morgan fingerprint density at radius 3 is 2.21 bits per heavy atom. The maximum Gasteiger partial charge on any atom is 0.416 e.